The molecule has 0 aromatic heterocycles. The van der Waals surface area contributed by atoms with Gasteiger partial charge in [-0.15, -0.1) is 0 Å². The van der Waals surface area contributed by atoms with Gasteiger partial charge in [-0.1, -0.05) is 74.7 Å². The molecule has 0 bridgehead atoms. The molecule has 0 nitrogen and oxygen atoms in total. The molecular formula is C18H20. The minimum atomic E-state index is 0.629. The van der Waals surface area contributed by atoms with Crippen molar-refractivity contribution in [1.29, 1.82) is 0 Å². The van der Waals surface area contributed by atoms with Gasteiger partial charge in [-0.2, -0.15) is 0 Å². The molecule has 2 aromatic rings. The molecule has 0 heterocycles. The summed E-state index contributed by atoms with van der Waals surface area (Å²) in [6, 6.07) is 17.8. The molecule has 0 aliphatic heterocycles. The molecule has 0 heteroatoms. The number of fused-ring (bicyclic) bond motifs is 3. The topological polar surface area (TPSA) is 0 Å². The van der Waals surface area contributed by atoms with Gasteiger partial charge in [0.05, 0.1) is 0 Å². The van der Waals surface area contributed by atoms with Crippen molar-refractivity contribution in [3.8, 4) is 11.1 Å². The second-order valence-corrected chi connectivity index (χ2v) is 5.22. The van der Waals surface area contributed by atoms with Crippen molar-refractivity contribution in [1.82, 2.24) is 0 Å². The molecule has 1 aliphatic rings. The normalized spacial score (nSPS) is 13.4. The molecule has 18 heavy (non-hydrogen) atoms. The van der Waals surface area contributed by atoms with E-state index >= 15 is 0 Å². The Balaban J connectivity index is 1.98. The molecule has 92 valence electrons. The minimum absolute atomic E-state index is 0.629. The third kappa shape index (κ3) is 1.86. The van der Waals surface area contributed by atoms with E-state index in [0.29, 0.717) is 5.92 Å². The molecule has 0 saturated heterocycles. The minimum Gasteiger partial charge on any atom is -0.0654 e. The molecule has 0 amide bonds. The molecule has 0 spiro atoms. The maximum Gasteiger partial charge on any atom is 0.0102 e. The first-order valence-electron chi connectivity index (χ1n) is 7.10. The third-order valence-corrected chi connectivity index (χ3v) is 4.06. The number of hydrogen-bond acceptors (Lipinski definition) is 0. The summed E-state index contributed by atoms with van der Waals surface area (Å²) in [5.41, 5.74) is 5.98. The summed E-state index contributed by atoms with van der Waals surface area (Å²) in [5.74, 6) is 0.629. The molecule has 0 N–H and O–H groups in total. The first-order valence-corrected chi connectivity index (χ1v) is 7.10. The Hall–Kier alpha value is -1.56. The molecule has 0 atom stereocenters. The molecule has 3 rings (SSSR count). The fraction of sp³-hybridized carbons (Fsp3) is 0.333. The Morgan fingerprint density at radius 3 is 1.89 bits per heavy atom. The first-order chi connectivity index (χ1) is 8.92. The smallest absolute Gasteiger partial charge is 0.0102 e. The van der Waals surface area contributed by atoms with Crippen LogP contribution in [0.5, 0.6) is 0 Å². The van der Waals surface area contributed by atoms with E-state index in [4.69, 9.17) is 0 Å². The van der Waals surface area contributed by atoms with Crippen LogP contribution in [0, 0.1) is 0 Å². The lowest BCUT2D eigenvalue weighted by atomic mass is 9.91. The van der Waals surface area contributed by atoms with Gasteiger partial charge in [0.1, 0.15) is 0 Å². The molecular weight excluding hydrogens is 216 g/mol. The van der Waals surface area contributed by atoms with Crippen LogP contribution in [-0.4, -0.2) is 0 Å². The molecule has 1 aliphatic carbocycles. The lowest BCUT2D eigenvalue weighted by Gasteiger charge is -2.13. The molecule has 0 saturated carbocycles. The zero-order chi connectivity index (χ0) is 12.4. The van der Waals surface area contributed by atoms with Crippen molar-refractivity contribution in [2.75, 3.05) is 0 Å². The van der Waals surface area contributed by atoms with Crippen molar-refractivity contribution in [2.24, 2.45) is 0 Å². The number of hydrogen-bond donors (Lipinski definition) is 0. The van der Waals surface area contributed by atoms with Crippen molar-refractivity contribution in [2.45, 2.75) is 38.5 Å². The Bertz CT molecular complexity index is 494. The Kier molecular flexibility index (Phi) is 3.19. The second kappa shape index (κ2) is 4.97. The summed E-state index contributed by atoms with van der Waals surface area (Å²) in [5, 5.41) is 0. The van der Waals surface area contributed by atoms with Gasteiger partial charge in [0, 0.05) is 5.92 Å². The SMILES string of the molecule is CCCCCC1c2ccccc2-c2ccccc21. The van der Waals surface area contributed by atoms with Gasteiger partial charge in [-0.05, 0) is 28.7 Å². The first kappa shape index (κ1) is 11.5. The van der Waals surface area contributed by atoms with Crippen LogP contribution in [0.2, 0.25) is 0 Å². The average Bonchev–Trinajstić information content (AvgIpc) is 2.74. The van der Waals surface area contributed by atoms with Crippen LogP contribution in [0.4, 0.5) is 0 Å². The Morgan fingerprint density at radius 1 is 0.778 bits per heavy atom. The largest absolute Gasteiger partial charge is 0.0654 e. The van der Waals surface area contributed by atoms with Crippen LogP contribution in [-0.2, 0) is 0 Å². The third-order valence-electron chi connectivity index (χ3n) is 4.06. The second-order valence-electron chi connectivity index (χ2n) is 5.22. The zero-order valence-corrected chi connectivity index (χ0v) is 11.0. The highest BCUT2D eigenvalue weighted by atomic mass is 14.3. The van der Waals surface area contributed by atoms with Crippen LogP contribution < -0.4 is 0 Å². The highest BCUT2D eigenvalue weighted by Crippen LogP contribution is 2.46. The van der Waals surface area contributed by atoms with Crippen LogP contribution in [0.1, 0.15) is 49.7 Å². The van der Waals surface area contributed by atoms with Crippen molar-refractivity contribution < 1.29 is 0 Å². The maximum absolute atomic E-state index is 2.31. The maximum atomic E-state index is 2.31. The summed E-state index contributed by atoms with van der Waals surface area (Å²) in [4.78, 5) is 0. The number of unbranched alkanes of at least 4 members (excludes halogenated alkanes) is 2. The number of rotatable bonds is 4. The summed E-state index contributed by atoms with van der Waals surface area (Å²) in [6.07, 6.45) is 5.28. The predicted octanol–water partition coefficient (Wildman–Crippen LogP) is 5.38. The van der Waals surface area contributed by atoms with Crippen LogP contribution in [0.3, 0.4) is 0 Å². The summed E-state index contributed by atoms with van der Waals surface area (Å²) < 4.78 is 0. The monoisotopic (exact) mass is 236 g/mol. The van der Waals surface area contributed by atoms with Gasteiger partial charge < -0.3 is 0 Å². The fourth-order valence-electron chi connectivity index (χ4n) is 3.17. The Morgan fingerprint density at radius 2 is 1.33 bits per heavy atom. The van der Waals surface area contributed by atoms with Crippen LogP contribution >= 0.6 is 0 Å². The zero-order valence-electron chi connectivity index (χ0n) is 11.0. The van der Waals surface area contributed by atoms with E-state index in [1.807, 2.05) is 0 Å². The lowest BCUT2D eigenvalue weighted by Crippen LogP contribution is -1.96. The lowest BCUT2D eigenvalue weighted by molar-refractivity contribution is 0.625. The van der Waals surface area contributed by atoms with E-state index in [0.717, 1.165) is 0 Å². The standard InChI is InChI=1S/C18H20/c1-2-3-4-9-14-15-10-5-7-12-17(15)18-13-8-6-11-16(14)18/h5-8,10-14H,2-4,9H2,1H3. The van der Waals surface area contributed by atoms with Gasteiger partial charge in [0.15, 0.2) is 0 Å². The van der Waals surface area contributed by atoms with Crippen LogP contribution in [0.25, 0.3) is 11.1 Å². The van der Waals surface area contributed by atoms with Gasteiger partial charge >= 0.3 is 0 Å². The molecule has 0 fully saturated rings. The Labute approximate surface area is 110 Å². The van der Waals surface area contributed by atoms with Gasteiger partial charge in [0.25, 0.3) is 0 Å². The average molecular weight is 236 g/mol. The van der Waals surface area contributed by atoms with Gasteiger partial charge in [-0.3, -0.25) is 0 Å². The summed E-state index contributed by atoms with van der Waals surface area (Å²) >= 11 is 0. The van der Waals surface area contributed by atoms with Crippen molar-refractivity contribution in [3.63, 3.8) is 0 Å². The van der Waals surface area contributed by atoms with E-state index in [9.17, 15) is 0 Å². The molecule has 2 aromatic carbocycles. The van der Waals surface area contributed by atoms with E-state index in [1.54, 1.807) is 0 Å². The quantitative estimate of drug-likeness (QED) is 0.625. The van der Waals surface area contributed by atoms with E-state index in [1.165, 1.54) is 47.9 Å². The van der Waals surface area contributed by atoms with E-state index < -0.39 is 0 Å². The van der Waals surface area contributed by atoms with Gasteiger partial charge in [0.2, 0.25) is 0 Å². The molecule has 0 unspecified atom stereocenters. The van der Waals surface area contributed by atoms with Crippen molar-refractivity contribution in [3.05, 3.63) is 59.7 Å². The van der Waals surface area contributed by atoms with E-state index in [2.05, 4.69) is 55.5 Å². The number of benzene rings is 2. The highest BCUT2D eigenvalue weighted by Gasteiger charge is 2.26. The van der Waals surface area contributed by atoms with Gasteiger partial charge in [-0.25, -0.2) is 0 Å². The van der Waals surface area contributed by atoms with Crippen molar-refractivity contribution >= 4 is 0 Å². The van der Waals surface area contributed by atoms with Crippen LogP contribution in [0.15, 0.2) is 48.5 Å². The predicted molar refractivity (Wildman–Crippen MR) is 77.9 cm³/mol. The van der Waals surface area contributed by atoms with E-state index in [-0.39, 0.29) is 0 Å². The highest BCUT2D eigenvalue weighted by molar-refractivity contribution is 5.78. The molecule has 0 radical (unpaired) electrons. The summed E-state index contributed by atoms with van der Waals surface area (Å²) in [7, 11) is 0. The fourth-order valence-corrected chi connectivity index (χ4v) is 3.17. The summed E-state index contributed by atoms with van der Waals surface area (Å²) in [6.45, 7) is 2.27.